The molecule has 0 aliphatic heterocycles. The molecule has 0 aliphatic rings. The minimum Gasteiger partial charge on any atom is -0.456 e. The molecule has 0 spiro atoms. The molecule has 0 aliphatic carbocycles. The number of carbonyl (C=O) groups excluding carboxylic acids is 3. The van der Waals surface area contributed by atoms with Crippen LogP contribution in [0.4, 0.5) is 10.1 Å². The number of anilines is 1. The summed E-state index contributed by atoms with van der Waals surface area (Å²) in [5.41, 5.74) is 0.756. The number of rotatable bonds is 8. The number of halogens is 2. The van der Waals surface area contributed by atoms with Gasteiger partial charge in [0.25, 0.3) is 5.91 Å². The van der Waals surface area contributed by atoms with Gasteiger partial charge in [-0.3, -0.25) is 9.59 Å². The van der Waals surface area contributed by atoms with Gasteiger partial charge in [-0.15, -0.1) is 15.0 Å². The topological polar surface area (TPSA) is 128 Å². The van der Waals surface area contributed by atoms with E-state index in [4.69, 9.17) is 16.3 Å². The molecule has 3 aromatic carbocycles. The van der Waals surface area contributed by atoms with Gasteiger partial charge < -0.3 is 15.4 Å². The second kappa shape index (κ2) is 12.5. The summed E-state index contributed by atoms with van der Waals surface area (Å²) in [6, 6.07) is 16.5. The summed E-state index contributed by atoms with van der Waals surface area (Å²) < 4.78 is 20.2. The average molecular weight is 577 g/mol. The zero-order valence-electron chi connectivity index (χ0n) is 22.3. The molecular formula is C29H26ClFN6O4. The van der Waals surface area contributed by atoms with Gasteiger partial charge in [0.15, 0.2) is 12.1 Å². The second-order valence-electron chi connectivity index (χ2n) is 9.77. The lowest BCUT2D eigenvalue weighted by Crippen LogP contribution is -2.36. The Morgan fingerprint density at radius 1 is 1.02 bits per heavy atom. The summed E-state index contributed by atoms with van der Waals surface area (Å²) in [7, 11) is 0. The van der Waals surface area contributed by atoms with Crippen LogP contribution in [-0.2, 0) is 14.3 Å². The number of nitrogens with zero attached hydrogens (tertiary/aromatic N) is 4. The van der Waals surface area contributed by atoms with Gasteiger partial charge in [0.1, 0.15) is 11.6 Å². The summed E-state index contributed by atoms with van der Waals surface area (Å²) in [6.07, 6.45) is 3.47. The number of amides is 2. The highest BCUT2D eigenvalue weighted by atomic mass is 35.5. The Morgan fingerprint density at radius 3 is 2.37 bits per heavy atom. The molecule has 0 bridgehead atoms. The highest BCUT2D eigenvalue weighted by molar-refractivity contribution is 6.31. The van der Waals surface area contributed by atoms with Gasteiger partial charge in [-0.05, 0) is 74.0 Å². The molecule has 1 unspecified atom stereocenters. The molecule has 2 amide bonds. The SMILES string of the molecule is CC(C)(C)OC(=O)c1ccc(NC(=O)C(NC(=O)C=Cc2c(-n3ncnn3)ccc(Cl)c2F)c2ccccc2)cc1. The van der Waals surface area contributed by atoms with Crippen molar-refractivity contribution in [2.75, 3.05) is 5.32 Å². The molecule has 1 aromatic heterocycles. The summed E-state index contributed by atoms with van der Waals surface area (Å²) in [6.45, 7) is 5.31. The number of ether oxygens (including phenoxy) is 1. The van der Waals surface area contributed by atoms with Crippen LogP contribution >= 0.6 is 11.6 Å². The molecule has 210 valence electrons. The van der Waals surface area contributed by atoms with Gasteiger partial charge in [-0.25, -0.2) is 9.18 Å². The van der Waals surface area contributed by atoms with Gasteiger partial charge >= 0.3 is 5.97 Å². The Hall–Kier alpha value is -4.90. The van der Waals surface area contributed by atoms with E-state index in [0.717, 1.165) is 10.9 Å². The molecule has 2 N–H and O–H groups in total. The molecule has 0 saturated heterocycles. The van der Waals surface area contributed by atoms with Crippen molar-refractivity contribution in [1.82, 2.24) is 25.5 Å². The quantitative estimate of drug-likeness (QED) is 0.225. The fourth-order valence-corrected chi connectivity index (χ4v) is 3.87. The minimum atomic E-state index is -1.10. The molecular weight excluding hydrogens is 551 g/mol. The number of benzene rings is 3. The minimum absolute atomic E-state index is 0.0450. The van der Waals surface area contributed by atoms with Crippen molar-refractivity contribution in [3.63, 3.8) is 0 Å². The molecule has 4 aromatic rings. The van der Waals surface area contributed by atoms with E-state index >= 15 is 0 Å². The van der Waals surface area contributed by atoms with E-state index in [1.165, 1.54) is 36.7 Å². The van der Waals surface area contributed by atoms with Crippen LogP contribution in [-0.4, -0.2) is 43.6 Å². The van der Waals surface area contributed by atoms with E-state index in [9.17, 15) is 18.8 Å². The predicted octanol–water partition coefficient (Wildman–Crippen LogP) is 4.92. The van der Waals surface area contributed by atoms with Crippen molar-refractivity contribution in [1.29, 1.82) is 0 Å². The van der Waals surface area contributed by atoms with E-state index in [-0.39, 0.29) is 16.3 Å². The maximum absolute atomic E-state index is 14.9. The fraction of sp³-hybridized carbons (Fsp3) is 0.172. The van der Waals surface area contributed by atoms with Crippen molar-refractivity contribution < 1.29 is 23.5 Å². The number of carbonyl (C=O) groups is 3. The smallest absolute Gasteiger partial charge is 0.338 e. The van der Waals surface area contributed by atoms with Crippen molar-refractivity contribution in [2.24, 2.45) is 0 Å². The van der Waals surface area contributed by atoms with Crippen molar-refractivity contribution in [3.05, 3.63) is 107 Å². The lowest BCUT2D eigenvalue weighted by Gasteiger charge is -2.20. The third kappa shape index (κ3) is 7.61. The maximum atomic E-state index is 14.9. The average Bonchev–Trinajstić information content (AvgIpc) is 3.47. The number of nitrogens with one attached hydrogen (secondary N) is 2. The van der Waals surface area contributed by atoms with Gasteiger partial charge in [-0.1, -0.05) is 41.9 Å². The normalized spacial score (nSPS) is 12.1. The molecule has 10 nitrogen and oxygen atoms in total. The molecule has 1 atom stereocenters. The molecule has 4 rings (SSSR count). The third-order valence-corrected chi connectivity index (χ3v) is 5.84. The summed E-state index contributed by atoms with van der Waals surface area (Å²) in [5.74, 6) is -2.48. The molecule has 12 heteroatoms. The first-order valence-electron chi connectivity index (χ1n) is 12.4. The summed E-state index contributed by atoms with van der Waals surface area (Å²) in [5, 5.41) is 16.5. The van der Waals surface area contributed by atoms with Crippen molar-refractivity contribution in [2.45, 2.75) is 32.4 Å². The number of hydrogen-bond donors (Lipinski definition) is 2. The largest absolute Gasteiger partial charge is 0.456 e. The van der Waals surface area contributed by atoms with Crippen LogP contribution < -0.4 is 10.6 Å². The fourth-order valence-electron chi connectivity index (χ4n) is 3.70. The van der Waals surface area contributed by atoms with E-state index < -0.39 is 35.2 Å². The maximum Gasteiger partial charge on any atom is 0.338 e. The summed E-state index contributed by atoms with van der Waals surface area (Å²) >= 11 is 5.95. The highest BCUT2D eigenvalue weighted by Crippen LogP contribution is 2.25. The monoisotopic (exact) mass is 576 g/mol. The Morgan fingerprint density at radius 2 is 1.73 bits per heavy atom. The van der Waals surface area contributed by atoms with Crippen LogP contribution in [0, 0.1) is 5.82 Å². The van der Waals surface area contributed by atoms with E-state index in [0.29, 0.717) is 16.8 Å². The predicted molar refractivity (Wildman–Crippen MR) is 151 cm³/mol. The standard InChI is InChI=1S/C29H26ClFN6O4/c1-29(2,3)41-28(40)19-9-11-20(12-10-19)34-27(39)26(18-7-5-4-6-8-18)35-24(38)16-13-21-23(37-33-17-32-36-37)15-14-22(30)25(21)31/h4-17,26H,1-3H3,(H,34,39)(H,35,38). The van der Waals surface area contributed by atoms with E-state index in [1.807, 2.05) is 0 Å². The highest BCUT2D eigenvalue weighted by Gasteiger charge is 2.23. The first-order chi connectivity index (χ1) is 19.5. The van der Waals surface area contributed by atoms with Gasteiger partial charge in [0.05, 0.1) is 16.3 Å². The zero-order valence-corrected chi connectivity index (χ0v) is 23.1. The third-order valence-electron chi connectivity index (χ3n) is 5.54. The Bertz CT molecular complexity index is 1570. The van der Waals surface area contributed by atoms with E-state index in [2.05, 4.69) is 26.0 Å². The molecule has 0 saturated carbocycles. The zero-order chi connectivity index (χ0) is 29.6. The molecule has 41 heavy (non-hydrogen) atoms. The number of hydrogen-bond acceptors (Lipinski definition) is 7. The van der Waals surface area contributed by atoms with Crippen molar-refractivity contribution >= 4 is 41.1 Å². The van der Waals surface area contributed by atoms with Crippen LogP contribution in [0.3, 0.4) is 0 Å². The van der Waals surface area contributed by atoms with Crippen molar-refractivity contribution in [3.8, 4) is 5.69 Å². The van der Waals surface area contributed by atoms with Crippen LogP contribution in [0.2, 0.25) is 5.02 Å². The Balaban J connectivity index is 1.52. The first kappa shape index (κ1) is 29.1. The molecule has 0 radical (unpaired) electrons. The van der Waals surface area contributed by atoms with E-state index in [1.54, 1.807) is 63.2 Å². The Kier molecular flexibility index (Phi) is 8.88. The number of tetrazole rings is 1. The lowest BCUT2D eigenvalue weighted by atomic mass is 10.1. The second-order valence-corrected chi connectivity index (χ2v) is 10.2. The van der Waals surface area contributed by atoms with Crippen LogP contribution in [0.25, 0.3) is 11.8 Å². The van der Waals surface area contributed by atoms with Crippen LogP contribution in [0.1, 0.15) is 48.3 Å². The van der Waals surface area contributed by atoms with Crippen LogP contribution in [0.15, 0.2) is 79.1 Å². The molecule has 0 fully saturated rings. The van der Waals surface area contributed by atoms with Gasteiger partial charge in [-0.2, -0.15) is 0 Å². The first-order valence-corrected chi connectivity index (χ1v) is 12.8. The summed E-state index contributed by atoms with van der Waals surface area (Å²) in [4.78, 5) is 39.6. The lowest BCUT2D eigenvalue weighted by molar-refractivity contribution is -0.123. The Labute approximate surface area is 240 Å². The molecule has 1 heterocycles. The van der Waals surface area contributed by atoms with Gasteiger partial charge in [0, 0.05) is 17.3 Å². The van der Waals surface area contributed by atoms with Gasteiger partial charge in [0.2, 0.25) is 5.91 Å². The number of esters is 1. The number of aromatic nitrogens is 4. The van der Waals surface area contributed by atoms with Crippen LogP contribution in [0.5, 0.6) is 0 Å².